The molecule has 1 unspecified atom stereocenters. The van der Waals surface area contributed by atoms with Crippen molar-refractivity contribution >= 4 is 34.7 Å². The van der Waals surface area contributed by atoms with Crippen LogP contribution in [-0.2, 0) is 9.59 Å². The normalized spacial score (nSPS) is 17.6. The van der Waals surface area contributed by atoms with Crippen LogP contribution in [0.15, 0.2) is 70.9 Å². The molecule has 1 atom stereocenters. The number of aliphatic hydroxyl groups excluding tert-OH is 1. The molecule has 1 aliphatic rings. The predicted octanol–water partition coefficient (Wildman–Crippen LogP) is 4.44. The number of hydrogen-bond donors (Lipinski definition) is 1. The van der Waals surface area contributed by atoms with Crippen LogP contribution < -0.4 is 9.64 Å². The average Bonchev–Trinajstić information content (AvgIpc) is 3.40. The Morgan fingerprint density at radius 3 is 2.55 bits per heavy atom. The van der Waals surface area contributed by atoms with Gasteiger partial charge in [0.2, 0.25) is 0 Å². The molecule has 3 aromatic rings. The van der Waals surface area contributed by atoms with Gasteiger partial charge in [-0.15, -0.1) is 0 Å². The van der Waals surface area contributed by atoms with Crippen LogP contribution in [0.1, 0.15) is 22.9 Å². The van der Waals surface area contributed by atoms with Gasteiger partial charge in [-0.05, 0) is 54.6 Å². The molecule has 0 bridgehead atoms. The van der Waals surface area contributed by atoms with Crippen LogP contribution >= 0.6 is 11.6 Å². The largest absolute Gasteiger partial charge is 0.507 e. The van der Waals surface area contributed by atoms with E-state index in [1.807, 2.05) is 6.07 Å². The zero-order valence-corrected chi connectivity index (χ0v) is 17.0. The maximum absolute atomic E-state index is 13.0. The van der Waals surface area contributed by atoms with E-state index in [4.69, 9.17) is 26.0 Å². The molecule has 1 N–H and O–H groups in total. The predicted molar refractivity (Wildman–Crippen MR) is 113 cm³/mol. The number of benzene rings is 2. The van der Waals surface area contributed by atoms with E-state index in [0.29, 0.717) is 16.3 Å². The molecule has 2 heterocycles. The summed E-state index contributed by atoms with van der Waals surface area (Å²) >= 11 is 6.08. The molecule has 0 saturated carbocycles. The first kappa shape index (κ1) is 20.3. The van der Waals surface area contributed by atoms with Crippen LogP contribution in [0.5, 0.6) is 5.75 Å². The number of anilines is 1. The fraction of sp³-hybridized carbons (Fsp3) is 0.0870. The topological polar surface area (TPSA) is 104 Å². The molecular formula is C23H15ClN2O5. The number of rotatable bonds is 4. The number of nitriles is 1. The number of methoxy groups -OCH3 is 1. The number of nitrogens with zero attached hydrogens (tertiary/aromatic N) is 2. The standard InChI is InChI=1S/C23H15ClN2O5/c1-30-17-9-6-14(24)11-16(17)21(27)19-20(18-3-2-10-31-18)26(23(29)22(19)28)15-7-4-13(12-25)5-8-15/h2-11,20,27H,1H3/b21-19-. The van der Waals surface area contributed by atoms with Crippen molar-refractivity contribution in [2.75, 3.05) is 12.0 Å². The third kappa shape index (κ3) is 3.43. The summed E-state index contributed by atoms with van der Waals surface area (Å²) in [6.45, 7) is 0. The Labute approximate surface area is 182 Å². The van der Waals surface area contributed by atoms with E-state index in [9.17, 15) is 14.7 Å². The van der Waals surface area contributed by atoms with Gasteiger partial charge in [0.05, 0.1) is 36.1 Å². The Morgan fingerprint density at radius 1 is 1.19 bits per heavy atom. The first-order valence-electron chi connectivity index (χ1n) is 9.14. The summed E-state index contributed by atoms with van der Waals surface area (Å²) in [6, 6.07) is 15.0. The molecule has 8 heteroatoms. The van der Waals surface area contributed by atoms with Crippen molar-refractivity contribution in [3.8, 4) is 11.8 Å². The lowest BCUT2D eigenvalue weighted by molar-refractivity contribution is -0.132. The molecule has 1 saturated heterocycles. The zero-order valence-electron chi connectivity index (χ0n) is 16.2. The van der Waals surface area contributed by atoms with Crippen LogP contribution in [0.4, 0.5) is 5.69 Å². The molecule has 31 heavy (non-hydrogen) atoms. The van der Waals surface area contributed by atoms with E-state index in [1.165, 1.54) is 36.5 Å². The van der Waals surface area contributed by atoms with Gasteiger partial charge in [-0.1, -0.05) is 11.6 Å². The van der Waals surface area contributed by atoms with Crippen LogP contribution in [0.25, 0.3) is 5.76 Å². The third-order valence-electron chi connectivity index (χ3n) is 4.95. The molecular weight excluding hydrogens is 420 g/mol. The van der Waals surface area contributed by atoms with E-state index in [1.54, 1.807) is 36.4 Å². The first-order valence-corrected chi connectivity index (χ1v) is 9.52. The van der Waals surface area contributed by atoms with Crippen molar-refractivity contribution in [3.05, 3.63) is 88.3 Å². The van der Waals surface area contributed by atoms with Crippen molar-refractivity contribution in [2.45, 2.75) is 6.04 Å². The number of halogens is 1. The molecule has 1 aromatic heterocycles. The highest BCUT2D eigenvalue weighted by molar-refractivity contribution is 6.51. The quantitative estimate of drug-likeness (QED) is 0.370. The lowest BCUT2D eigenvalue weighted by Crippen LogP contribution is -2.29. The van der Waals surface area contributed by atoms with Gasteiger partial charge in [0.1, 0.15) is 23.3 Å². The molecule has 2 aromatic carbocycles. The smallest absolute Gasteiger partial charge is 0.300 e. The number of ketones is 1. The molecule has 0 aliphatic carbocycles. The highest BCUT2D eigenvalue weighted by atomic mass is 35.5. The van der Waals surface area contributed by atoms with Crippen molar-refractivity contribution < 1.29 is 23.8 Å². The number of Topliss-reactive ketones (excluding diaryl/α,β-unsaturated/α-hetero) is 1. The van der Waals surface area contributed by atoms with Crippen molar-refractivity contribution in [1.29, 1.82) is 5.26 Å². The van der Waals surface area contributed by atoms with Gasteiger partial charge in [-0.2, -0.15) is 5.26 Å². The van der Waals surface area contributed by atoms with Gasteiger partial charge in [0.15, 0.2) is 0 Å². The molecule has 1 fully saturated rings. The number of hydrogen-bond acceptors (Lipinski definition) is 6. The molecule has 1 aliphatic heterocycles. The maximum Gasteiger partial charge on any atom is 0.300 e. The summed E-state index contributed by atoms with van der Waals surface area (Å²) in [5.41, 5.74) is 0.785. The van der Waals surface area contributed by atoms with Crippen molar-refractivity contribution in [3.63, 3.8) is 0 Å². The monoisotopic (exact) mass is 434 g/mol. The molecule has 1 amide bonds. The summed E-state index contributed by atoms with van der Waals surface area (Å²) in [5, 5.41) is 20.5. The average molecular weight is 435 g/mol. The Hall–Kier alpha value is -4.02. The molecule has 4 rings (SSSR count). The van der Waals surface area contributed by atoms with Crippen molar-refractivity contribution in [2.24, 2.45) is 0 Å². The lowest BCUT2D eigenvalue weighted by Gasteiger charge is -2.23. The van der Waals surface area contributed by atoms with Gasteiger partial charge in [-0.3, -0.25) is 14.5 Å². The number of aliphatic hydroxyl groups is 1. The van der Waals surface area contributed by atoms with E-state index < -0.39 is 23.5 Å². The van der Waals surface area contributed by atoms with Gasteiger partial charge >= 0.3 is 0 Å². The van der Waals surface area contributed by atoms with Crippen molar-refractivity contribution in [1.82, 2.24) is 0 Å². The van der Waals surface area contributed by atoms with Gasteiger partial charge < -0.3 is 14.3 Å². The molecule has 154 valence electrons. The Kier molecular flexibility index (Phi) is 5.24. The minimum absolute atomic E-state index is 0.162. The van der Waals surface area contributed by atoms with Gasteiger partial charge in [-0.25, -0.2) is 0 Å². The third-order valence-corrected chi connectivity index (χ3v) is 5.18. The molecule has 0 radical (unpaired) electrons. The zero-order chi connectivity index (χ0) is 22.1. The summed E-state index contributed by atoms with van der Waals surface area (Å²) in [4.78, 5) is 27.3. The van der Waals surface area contributed by atoms with E-state index >= 15 is 0 Å². The lowest BCUT2D eigenvalue weighted by atomic mass is 9.98. The second-order valence-corrected chi connectivity index (χ2v) is 7.12. The summed E-state index contributed by atoms with van der Waals surface area (Å²) in [7, 11) is 1.42. The Balaban J connectivity index is 1.94. The van der Waals surface area contributed by atoms with Crippen LogP contribution in [0.2, 0.25) is 5.02 Å². The maximum atomic E-state index is 13.0. The Bertz CT molecular complexity index is 1240. The fourth-order valence-electron chi connectivity index (χ4n) is 3.52. The minimum atomic E-state index is -1.02. The number of carbonyl (C=O) groups is 2. The Morgan fingerprint density at radius 2 is 1.94 bits per heavy atom. The van der Waals surface area contributed by atoms with Gasteiger partial charge in [0.25, 0.3) is 11.7 Å². The second kappa shape index (κ2) is 8.01. The van der Waals surface area contributed by atoms with E-state index in [2.05, 4.69) is 0 Å². The molecule has 7 nitrogen and oxygen atoms in total. The first-order chi connectivity index (χ1) is 15.0. The summed E-state index contributed by atoms with van der Waals surface area (Å²) in [6.07, 6.45) is 1.41. The van der Waals surface area contributed by atoms with Crippen LogP contribution in [0.3, 0.4) is 0 Å². The summed E-state index contributed by atoms with van der Waals surface area (Å²) < 4.78 is 10.8. The highest BCUT2D eigenvalue weighted by Gasteiger charge is 2.48. The van der Waals surface area contributed by atoms with Gasteiger partial charge in [0, 0.05) is 10.7 Å². The number of ether oxygens (including phenoxy) is 1. The van der Waals surface area contributed by atoms with Crippen LogP contribution in [-0.4, -0.2) is 23.9 Å². The van der Waals surface area contributed by atoms with E-state index in [0.717, 1.165) is 0 Å². The highest BCUT2D eigenvalue weighted by Crippen LogP contribution is 2.43. The SMILES string of the molecule is COc1ccc(Cl)cc1/C(O)=C1/C(=O)C(=O)N(c2ccc(C#N)cc2)C1c1ccco1. The second-order valence-electron chi connectivity index (χ2n) is 6.69. The van der Waals surface area contributed by atoms with Crippen LogP contribution in [0, 0.1) is 11.3 Å². The minimum Gasteiger partial charge on any atom is -0.507 e. The number of furan rings is 1. The molecule has 0 spiro atoms. The fourth-order valence-corrected chi connectivity index (χ4v) is 3.69. The number of amides is 1. The summed E-state index contributed by atoms with van der Waals surface area (Å²) in [5.74, 6) is -1.59. The number of carbonyl (C=O) groups excluding carboxylic acids is 2. The van der Waals surface area contributed by atoms with E-state index in [-0.39, 0.29) is 22.6 Å².